The molecule has 1 rings (SSSR count). The van der Waals surface area contributed by atoms with Gasteiger partial charge in [0, 0.05) is 11.9 Å². The average molecular weight is 308 g/mol. The Morgan fingerprint density at radius 1 is 1.31 bits per heavy atom. The van der Waals surface area contributed by atoms with E-state index in [2.05, 4.69) is 20.7 Å². The Bertz CT molecular complexity index is 416. The molecule has 1 aromatic rings. The van der Waals surface area contributed by atoms with E-state index in [0.29, 0.717) is 12.3 Å². The van der Waals surface area contributed by atoms with Gasteiger partial charge in [0.2, 0.25) is 10.0 Å². The van der Waals surface area contributed by atoms with Gasteiger partial charge in [0.15, 0.2) is 0 Å². The zero-order valence-corrected chi connectivity index (χ0v) is 11.3. The third-order valence-electron chi connectivity index (χ3n) is 1.97. The van der Waals surface area contributed by atoms with Crippen LogP contribution >= 0.6 is 15.9 Å². The number of nitrogens with one attached hydrogen (secondary N) is 1. The predicted molar refractivity (Wildman–Crippen MR) is 66.6 cm³/mol. The van der Waals surface area contributed by atoms with E-state index < -0.39 is 10.0 Å². The van der Waals surface area contributed by atoms with Gasteiger partial charge >= 0.3 is 0 Å². The molecular formula is C10H14BrNO3S. The van der Waals surface area contributed by atoms with Crippen LogP contribution in [0.15, 0.2) is 29.2 Å². The Hall–Kier alpha value is -0.590. The maximum Gasteiger partial charge on any atom is 0.240 e. The van der Waals surface area contributed by atoms with Crippen LogP contribution in [-0.2, 0) is 10.0 Å². The minimum Gasteiger partial charge on any atom is -0.497 e. The van der Waals surface area contributed by atoms with E-state index >= 15 is 0 Å². The van der Waals surface area contributed by atoms with Gasteiger partial charge < -0.3 is 4.74 Å². The van der Waals surface area contributed by atoms with Gasteiger partial charge in [-0.25, -0.2) is 13.1 Å². The van der Waals surface area contributed by atoms with Gasteiger partial charge in [0.1, 0.15) is 5.75 Å². The van der Waals surface area contributed by atoms with Crippen molar-refractivity contribution < 1.29 is 13.2 Å². The minimum atomic E-state index is -3.38. The molecule has 0 atom stereocenters. The summed E-state index contributed by atoms with van der Waals surface area (Å²) in [6.07, 6.45) is 0.759. The lowest BCUT2D eigenvalue weighted by Gasteiger charge is -2.06. The molecule has 6 heteroatoms. The highest BCUT2D eigenvalue weighted by Gasteiger charge is 2.12. The Kier molecular flexibility index (Phi) is 5.24. The van der Waals surface area contributed by atoms with Crippen molar-refractivity contribution in [2.24, 2.45) is 0 Å². The lowest BCUT2D eigenvalue weighted by molar-refractivity contribution is 0.414. The molecule has 0 unspecified atom stereocenters. The molecule has 90 valence electrons. The Morgan fingerprint density at radius 3 is 2.44 bits per heavy atom. The fourth-order valence-electron chi connectivity index (χ4n) is 1.11. The van der Waals surface area contributed by atoms with Gasteiger partial charge in [-0.2, -0.15) is 0 Å². The second-order valence-electron chi connectivity index (χ2n) is 3.12. The molecule has 0 bridgehead atoms. The van der Waals surface area contributed by atoms with Crippen LogP contribution in [0.5, 0.6) is 5.75 Å². The van der Waals surface area contributed by atoms with Crippen LogP contribution in [0, 0.1) is 0 Å². The van der Waals surface area contributed by atoms with Crippen molar-refractivity contribution in [1.29, 1.82) is 0 Å². The van der Waals surface area contributed by atoms with Gasteiger partial charge in [-0.05, 0) is 30.7 Å². The molecule has 0 heterocycles. The molecule has 0 aliphatic heterocycles. The highest BCUT2D eigenvalue weighted by atomic mass is 79.9. The number of alkyl halides is 1. The second-order valence-corrected chi connectivity index (χ2v) is 5.68. The molecule has 1 aromatic carbocycles. The predicted octanol–water partition coefficient (Wildman–Crippen LogP) is 1.76. The first-order valence-corrected chi connectivity index (χ1v) is 7.40. The molecule has 0 aliphatic rings. The lowest BCUT2D eigenvalue weighted by Crippen LogP contribution is -2.24. The van der Waals surface area contributed by atoms with Crippen molar-refractivity contribution in [3.63, 3.8) is 0 Å². The number of halogens is 1. The van der Waals surface area contributed by atoms with Crippen molar-refractivity contribution in [1.82, 2.24) is 4.72 Å². The Morgan fingerprint density at radius 2 is 1.94 bits per heavy atom. The summed E-state index contributed by atoms with van der Waals surface area (Å²) < 4.78 is 31.0. The van der Waals surface area contributed by atoms with Crippen molar-refractivity contribution in [3.8, 4) is 5.75 Å². The van der Waals surface area contributed by atoms with Crippen molar-refractivity contribution in [3.05, 3.63) is 24.3 Å². The summed E-state index contributed by atoms with van der Waals surface area (Å²) >= 11 is 3.24. The summed E-state index contributed by atoms with van der Waals surface area (Å²) in [5, 5.41) is 0.776. The van der Waals surface area contributed by atoms with E-state index in [1.54, 1.807) is 12.1 Å². The summed E-state index contributed by atoms with van der Waals surface area (Å²) in [6.45, 7) is 0.430. The molecule has 0 fully saturated rings. The first-order chi connectivity index (χ1) is 7.60. The van der Waals surface area contributed by atoms with Gasteiger partial charge in [-0.15, -0.1) is 0 Å². The summed E-state index contributed by atoms with van der Waals surface area (Å²) in [4.78, 5) is 0.253. The zero-order valence-electron chi connectivity index (χ0n) is 8.94. The van der Waals surface area contributed by atoms with Crippen LogP contribution in [-0.4, -0.2) is 27.4 Å². The molecule has 0 radical (unpaired) electrons. The average Bonchev–Trinajstić information content (AvgIpc) is 2.29. The molecule has 16 heavy (non-hydrogen) atoms. The minimum absolute atomic E-state index is 0.253. The molecule has 0 aromatic heterocycles. The number of sulfonamides is 1. The van der Waals surface area contributed by atoms with E-state index in [9.17, 15) is 8.42 Å². The molecule has 0 amide bonds. The smallest absolute Gasteiger partial charge is 0.240 e. The fourth-order valence-corrected chi connectivity index (χ4v) is 2.47. The van der Waals surface area contributed by atoms with Crippen LogP contribution in [0.4, 0.5) is 0 Å². The summed E-state index contributed by atoms with van der Waals surface area (Å²) in [5.41, 5.74) is 0. The topological polar surface area (TPSA) is 55.4 Å². The van der Waals surface area contributed by atoms with E-state index in [1.165, 1.54) is 19.2 Å². The van der Waals surface area contributed by atoms with Gasteiger partial charge in [0.25, 0.3) is 0 Å². The Labute approximate surface area is 104 Å². The summed E-state index contributed by atoms with van der Waals surface area (Å²) in [6, 6.07) is 6.29. The van der Waals surface area contributed by atoms with Crippen LogP contribution in [0.2, 0.25) is 0 Å². The number of benzene rings is 1. The molecule has 0 spiro atoms. The van der Waals surface area contributed by atoms with Gasteiger partial charge in [0.05, 0.1) is 12.0 Å². The molecule has 4 nitrogen and oxygen atoms in total. The first-order valence-electron chi connectivity index (χ1n) is 4.80. The van der Waals surface area contributed by atoms with Crippen LogP contribution in [0.1, 0.15) is 6.42 Å². The number of hydrogen-bond acceptors (Lipinski definition) is 3. The van der Waals surface area contributed by atoms with Crippen LogP contribution < -0.4 is 9.46 Å². The van der Waals surface area contributed by atoms with Crippen molar-refractivity contribution in [2.75, 3.05) is 19.0 Å². The number of rotatable bonds is 6. The first kappa shape index (κ1) is 13.5. The normalized spacial score (nSPS) is 11.4. The molecular weight excluding hydrogens is 294 g/mol. The third kappa shape index (κ3) is 3.77. The highest BCUT2D eigenvalue weighted by molar-refractivity contribution is 9.09. The quantitative estimate of drug-likeness (QED) is 0.643. The zero-order chi connectivity index (χ0) is 12.0. The number of ether oxygens (including phenoxy) is 1. The monoisotopic (exact) mass is 307 g/mol. The largest absolute Gasteiger partial charge is 0.497 e. The fraction of sp³-hybridized carbons (Fsp3) is 0.400. The third-order valence-corrected chi connectivity index (χ3v) is 4.01. The molecule has 0 saturated heterocycles. The van der Waals surface area contributed by atoms with Crippen molar-refractivity contribution >= 4 is 26.0 Å². The standard InChI is InChI=1S/C10H14BrNO3S/c1-15-9-3-5-10(6-4-9)16(13,14)12-8-2-7-11/h3-6,12H,2,7-8H2,1H3. The molecule has 0 saturated carbocycles. The summed E-state index contributed by atoms with van der Waals surface area (Å²) in [7, 11) is -1.84. The van der Waals surface area contributed by atoms with E-state index in [-0.39, 0.29) is 4.90 Å². The van der Waals surface area contributed by atoms with Crippen molar-refractivity contribution in [2.45, 2.75) is 11.3 Å². The van der Waals surface area contributed by atoms with Gasteiger partial charge in [-0.1, -0.05) is 15.9 Å². The maximum absolute atomic E-state index is 11.7. The maximum atomic E-state index is 11.7. The highest BCUT2D eigenvalue weighted by Crippen LogP contribution is 2.15. The van der Waals surface area contributed by atoms with Gasteiger partial charge in [-0.3, -0.25) is 0 Å². The van der Waals surface area contributed by atoms with E-state index in [0.717, 1.165) is 11.8 Å². The number of hydrogen-bond donors (Lipinski definition) is 1. The summed E-state index contributed by atoms with van der Waals surface area (Å²) in [5.74, 6) is 0.638. The lowest BCUT2D eigenvalue weighted by atomic mass is 10.3. The number of methoxy groups -OCH3 is 1. The van der Waals surface area contributed by atoms with Crippen LogP contribution in [0.25, 0.3) is 0 Å². The second kappa shape index (κ2) is 6.22. The molecule has 1 N–H and O–H groups in total. The molecule has 0 aliphatic carbocycles. The van der Waals surface area contributed by atoms with E-state index in [4.69, 9.17) is 4.74 Å². The SMILES string of the molecule is COc1ccc(S(=O)(=O)NCCCBr)cc1. The van der Waals surface area contributed by atoms with E-state index in [1.807, 2.05) is 0 Å². The Balaban J connectivity index is 2.74. The van der Waals surface area contributed by atoms with Crippen LogP contribution in [0.3, 0.4) is 0 Å².